The van der Waals surface area contributed by atoms with Crippen LogP contribution in [0, 0.1) is 0 Å². The Morgan fingerprint density at radius 1 is 0.839 bits per heavy atom. The summed E-state index contributed by atoms with van der Waals surface area (Å²) in [5.41, 5.74) is 1.68. The van der Waals surface area contributed by atoms with E-state index < -0.39 is 0 Å². The van der Waals surface area contributed by atoms with E-state index in [2.05, 4.69) is 4.90 Å². The lowest BCUT2D eigenvalue weighted by atomic mass is 10.1. The summed E-state index contributed by atoms with van der Waals surface area (Å²) < 4.78 is 22.5. The number of piperazine rings is 1. The minimum Gasteiger partial charge on any atom is -0.497 e. The van der Waals surface area contributed by atoms with Gasteiger partial charge in [0.1, 0.15) is 5.75 Å². The predicted molar refractivity (Wildman–Crippen MR) is 121 cm³/mol. The molecule has 168 valence electrons. The molecule has 1 aliphatic rings. The average Bonchev–Trinajstić information content (AvgIpc) is 2.81. The fourth-order valence-corrected chi connectivity index (χ4v) is 3.66. The summed E-state index contributed by atoms with van der Waals surface area (Å²) in [5.74, 6) is 2.43. The van der Waals surface area contributed by atoms with Crippen LogP contribution in [0.5, 0.6) is 23.0 Å². The molecule has 1 amide bonds. The zero-order valence-electron chi connectivity index (χ0n) is 18.8. The monoisotopic (exact) mass is 428 g/mol. The third-order valence-electron chi connectivity index (χ3n) is 5.16. The number of carbonyl (C=O) groups excluding carboxylic acids is 1. The van der Waals surface area contributed by atoms with E-state index in [1.165, 1.54) is 0 Å². The van der Waals surface area contributed by atoms with Gasteiger partial charge in [0.2, 0.25) is 5.75 Å². The van der Waals surface area contributed by atoms with Gasteiger partial charge in [-0.25, -0.2) is 0 Å². The third-order valence-corrected chi connectivity index (χ3v) is 5.16. The normalized spacial score (nSPS) is 13.7. The minimum atomic E-state index is -0.0284. The lowest BCUT2D eigenvalue weighted by Crippen LogP contribution is -2.48. The summed E-state index contributed by atoms with van der Waals surface area (Å²) in [6.45, 7) is 9.99. The lowest BCUT2D eigenvalue weighted by molar-refractivity contribution is 0.0745. The van der Waals surface area contributed by atoms with Crippen LogP contribution in [-0.4, -0.2) is 63.9 Å². The molecule has 0 bridgehead atoms. The fraction of sp³-hybridized carbons (Fsp3) is 0.458. The third kappa shape index (κ3) is 5.34. The number of methoxy groups -OCH3 is 1. The van der Waals surface area contributed by atoms with Crippen LogP contribution in [0.2, 0.25) is 0 Å². The topological polar surface area (TPSA) is 60.5 Å². The predicted octanol–water partition coefficient (Wildman–Crippen LogP) is 3.85. The van der Waals surface area contributed by atoms with Gasteiger partial charge in [-0.1, -0.05) is 0 Å². The molecular weight excluding hydrogens is 396 g/mol. The summed E-state index contributed by atoms with van der Waals surface area (Å²) in [7, 11) is 1.66. The van der Waals surface area contributed by atoms with Crippen molar-refractivity contribution >= 4 is 11.6 Å². The Bertz CT molecular complexity index is 834. The molecule has 3 rings (SSSR count). The number of benzene rings is 2. The zero-order valence-corrected chi connectivity index (χ0v) is 18.8. The molecule has 1 heterocycles. The van der Waals surface area contributed by atoms with Gasteiger partial charge in [-0.2, -0.15) is 0 Å². The number of hydrogen-bond donors (Lipinski definition) is 0. The Hall–Kier alpha value is -3.09. The molecule has 7 nitrogen and oxygen atoms in total. The second kappa shape index (κ2) is 10.8. The van der Waals surface area contributed by atoms with Crippen molar-refractivity contribution in [3.63, 3.8) is 0 Å². The van der Waals surface area contributed by atoms with Crippen LogP contribution >= 0.6 is 0 Å². The number of carbonyl (C=O) groups is 1. The van der Waals surface area contributed by atoms with Gasteiger partial charge >= 0.3 is 0 Å². The molecule has 0 atom stereocenters. The van der Waals surface area contributed by atoms with E-state index in [0.717, 1.165) is 24.5 Å². The zero-order chi connectivity index (χ0) is 22.2. The molecular formula is C24H32N2O5. The molecule has 1 saturated heterocycles. The Morgan fingerprint density at radius 2 is 1.39 bits per heavy atom. The van der Waals surface area contributed by atoms with Crippen molar-refractivity contribution < 1.29 is 23.7 Å². The van der Waals surface area contributed by atoms with E-state index in [4.69, 9.17) is 18.9 Å². The summed E-state index contributed by atoms with van der Waals surface area (Å²) in [5, 5.41) is 0. The lowest BCUT2D eigenvalue weighted by Gasteiger charge is -2.36. The maximum Gasteiger partial charge on any atom is 0.254 e. The smallest absolute Gasteiger partial charge is 0.254 e. The van der Waals surface area contributed by atoms with Crippen LogP contribution in [0.4, 0.5) is 5.69 Å². The maximum atomic E-state index is 13.2. The van der Waals surface area contributed by atoms with E-state index >= 15 is 0 Å². The molecule has 2 aromatic carbocycles. The van der Waals surface area contributed by atoms with Gasteiger partial charge in [0.05, 0.1) is 26.9 Å². The average molecular weight is 429 g/mol. The van der Waals surface area contributed by atoms with Crippen molar-refractivity contribution in [2.24, 2.45) is 0 Å². The Labute approximate surface area is 184 Å². The van der Waals surface area contributed by atoms with Crippen LogP contribution in [0.15, 0.2) is 36.4 Å². The SMILES string of the molecule is CCOc1cc(C(=O)N2CCN(c3ccc(OC)cc3)CC2)cc(OCC)c1OCC. The highest BCUT2D eigenvalue weighted by Crippen LogP contribution is 2.39. The van der Waals surface area contributed by atoms with E-state index in [1.807, 2.05) is 49.9 Å². The Morgan fingerprint density at radius 3 is 1.87 bits per heavy atom. The van der Waals surface area contributed by atoms with E-state index in [9.17, 15) is 4.79 Å². The molecule has 1 aliphatic heterocycles. The van der Waals surface area contributed by atoms with Gasteiger partial charge in [-0.15, -0.1) is 0 Å². The van der Waals surface area contributed by atoms with Crippen LogP contribution in [-0.2, 0) is 0 Å². The molecule has 1 fully saturated rings. The van der Waals surface area contributed by atoms with Crippen molar-refractivity contribution in [1.82, 2.24) is 4.90 Å². The number of ether oxygens (including phenoxy) is 4. The molecule has 0 aliphatic carbocycles. The number of hydrogen-bond acceptors (Lipinski definition) is 6. The molecule has 0 N–H and O–H groups in total. The molecule has 0 saturated carbocycles. The second-order valence-corrected chi connectivity index (χ2v) is 7.08. The molecule has 31 heavy (non-hydrogen) atoms. The summed E-state index contributed by atoms with van der Waals surface area (Å²) in [6, 6.07) is 11.5. The van der Waals surface area contributed by atoms with E-state index in [0.29, 0.717) is 55.7 Å². The molecule has 2 aromatic rings. The number of anilines is 1. The van der Waals surface area contributed by atoms with Crippen LogP contribution in [0.25, 0.3) is 0 Å². The highest BCUT2D eigenvalue weighted by molar-refractivity contribution is 5.95. The number of nitrogens with zero attached hydrogens (tertiary/aromatic N) is 2. The minimum absolute atomic E-state index is 0.0284. The second-order valence-electron chi connectivity index (χ2n) is 7.08. The highest BCUT2D eigenvalue weighted by atomic mass is 16.5. The van der Waals surface area contributed by atoms with Crippen LogP contribution in [0.3, 0.4) is 0 Å². The van der Waals surface area contributed by atoms with Crippen molar-refractivity contribution in [2.45, 2.75) is 20.8 Å². The largest absolute Gasteiger partial charge is 0.497 e. The molecule has 0 aromatic heterocycles. The van der Waals surface area contributed by atoms with Gasteiger partial charge in [-0.05, 0) is 57.2 Å². The quantitative estimate of drug-likeness (QED) is 0.605. The Balaban J connectivity index is 1.74. The molecule has 0 radical (unpaired) electrons. The van der Waals surface area contributed by atoms with E-state index in [1.54, 1.807) is 19.2 Å². The van der Waals surface area contributed by atoms with Crippen molar-refractivity contribution in [3.8, 4) is 23.0 Å². The first kappa shape index (κ1) is 22.6. The van der Waals surface area contributed by atoms with Crippen molar-refractivity contribution in [2.75, 3.05) is 58.0 Å². The van der Waals surface area contributed by atoms with Gasteiger partial charge in [-0.3, -0.25) is 4.79 Å². The first-order chi connectivity index (χ1) is 15.1. The van der Waals surface area contributed by atoms with Crippen molar-refractivity contribution in [3.05, 3.63) is 42.0 Å². The van der Waals surface area contributed by atoms with Crippen LogP contribution < -0.4 is 23.8 Å². The molecule has 0 spiro atoms. The van der Waals surface area contributed by atoms with E-state index in [-0.39, 0.29) is 5.91 Å². The Kier molecular flexibility index (Phi) is 7.87. The number of amides is 1. The van der Waals surface area contributed by atoms with Gasteiger partial charge in [0, 0.05) is 37.4 Å². The first-order valence-corrected chi connectivity index (χ1v) is 10.9. The number of rotatable bonds is 9. The summed E-state index contributed by atoms with van der Waals surface area (Å²) >= 11 is 0. The summed E-state index contributed by atoms with van der Waals surface area (Å²) in [4.78, 5) is 17.4. The van der Waals surface area contributed by atoms with Gasteiger partial charge in [0.15, 0.2) is 11.5 Å². The van der Waals surface area contributed by atoms with Gasteiger partial charge in [0.25, 0.3) is 5.91 Å². The molecule has 0 unspecified atom stereocenters. The maximum absolute atomic E-state index is 13.2. The molecule has 7 heteroatoms. The van der Waals surface area contributed by atoms with Gasteiger partial charge < -0.3 is 28.7 Å². The van der Waals surface area contributed by atoms with Crippen molar-refractivity contribution in [1.29, 1.82) is 0 Å². The fourth-order valence-electron chi connectivity index (χ4n) is 3.66. The standard InChI is InChI=1S/C24H32N2O5/c1-5-29-21-16-18(17-22(30-6-2)23(21)31-7-3)24(27)26-14-12-25(13-15-26)19-8-10-20(28-4)11-9-19/h8-11,16-17H,5-7,12-15H2,1-4H3. The first-order valence-electron chi connectivity index (χ1n) is 10.9. The van der Waals surface area contributed by atoms with Crippen LogP contribution in [0.1, 0.15) is 31.1 Å². The highest BCUT2D eigenvalue weighted by Gasteiger charge is 2.25. The summed E-state index contributed by atoms with van der Waals surface area (Å²) in [6.07, 6.45) is 0.